The number of halogens is 2. The SMILES string of the molecule is Cl.Cl.O=C(c1ccc(CCNC2CCCC2)cc1)N1CCC[C@H]1CN1CCCC1. The second-order valence-corrected chi connectivity index (χ2v) is 8.68. The van der Waals surface area contributed by atoms with Gasteiger partial charge in [0.2, 0.25) is 0 Å². The minimum Gasteiger partial charge on any atom is -0.334 e. The van der Waals surface area contributed by atoms with Gasteiger partial charge in [-0.15, -0.1) is 24.8 Å². The average molecular weight is 442 g/mol. The molecule has 4 rings (SSSR count). The number of benzene rings is 1. The molecule has 1 aromatic carbocycles. The normalized spacial score (nSPS) is 22.5. The minimum absolute atomic E-state index is 0. The van der Waals surface area contributed by atoms with E-state index in [0.29, 0.717) is 6.04 Å². The highest BCUT2D eigenvalue weighted by atomic mass is 35.5. The quantitative estimate of drug-likeness (QED) is 0.684. The molecule has 0 radical (unpaired) electrons. The lowest BCUT2D eigenvalue weighted by Crippen LogP contribution is -2.42. The van der Waals surface area contributed by atoms with E-state index in [1.54, 1.807) is 0 Å². The number of rotatable bonds is 7. The molecule has 2 aliphatic heterocycles. The summed E-state index contributed by atoms with van der Waals surface area (Å²) < 4.78 is 0. The molecule has 2 heterocycles. The van der Waals surface area contributed by atoms with Crippen LogP contribution in [0.2, 0.25) is 0 Å². The molecule has 164 valence electrons. The third kappa shape index (κ3) is 6.58. The Balaban J connectivity index is 0.00000150. The van der Waals surface area contributed by atoms with Crippen molar-refractivity contribution in [2.24, 2.45) is 0 Å². The van der Waals surface area contributed by atoms with Crippen LogP contribution in [0, 0.1) is 0 Å². The molecule has 0 bridgehead atoms. The maximum absolute atomic E-state index is 13.0. The monoisotopic (exact) mass is 441 g/mol. The summed E-state index contributed by atoms with van der Waals surface area (Å²) in [5.41, 5.74) is 2.18. The van der Waals surface area contributed by atoms with E-state index in [-0.39, 0.29) is 30.7 Å². The zero-order valence-corrected chi connectivity index (χ0v) is 19.1. The molecule has 1 aromatic rings. The highest BCUT2D eigenvalue weighted by Gasteiger charge is 2.31. The number of hydrogen-bond acceptors (Lipinski definition) is 3. The van der Waals surface area contributed by atoms with Crippen LogP contribution in [0.5, 0.6) is 0 Å². The fraction of sp³-hybridized carbons (Fsp3) is 0.696. The van der Waals surface area contributed by atoms with Crippen LogP contribution in [0.4, 0.5) is 0 Å². The first-order valence-corrected chi connectivity index (χ1v) is 11.2. The summed E-state index contributed by atoms with van der Waals surface area (Å²) in [4.78, 5) is 17.7. The van der Waals surface area contributed by atoms with Gasteiger partial charge >= 0.3 is 0 Å². The first-order valence-electron chi connectivity index (χ1n) is 11.2. The van der Waals surface area contributed by atoms with E-state index < -0.39 is 0 Å². The lowest BCUT2D eigenvalue weighted by Gasteiger charge is -2.28. The van der Waals surface area contributed by atoms with Crippen molar-refractivity contribution in [3.05, 3.63) is 35.4 Å². The van der Waals surface area contributed by atoms with Crippen molar-refractivity contribution < 1.29 is 4.79 Å². The lowest BCUT2D eigenvalue weighted by molar-refractivity contribution is 0.0709. The van der Waals surface area contributed by atoms with E-state index in [0.717, 1.165) is 50.5 Å². The number of nitrogens with zero attached hydrogens (tertiary/aromatic N) is 2. The van der Waals surface area contributed by atoms with Gasteiger partial charge in [-0.1, -0.05) is 25.0 Å². The van der Waals surface area contributed by atoms with Crippen LogP contribution in [0.3, 0.4) is 0 Å². The topological polar surface area (TPSA) is 35.6 Å². The predicted molar refractivity (Wildman–Crippen MR) is 125 cm³/mol. The van der Waals surface area contributed by atoms with Crippen molar-refractivity contribution in [1.82, 2.24) is 15.1 Å². The Kier molecular flexibility index (Phi) is 10.2. The fourth-order valence-electron chi connectivity index (χ4n) is 5.09. The third-order valence-corrected chi connectivity index (χ3v) is 6.71. The van der Waals surface area contributed by atoms with Gasteiger partial charge in [0, 0.05) is 30.7 Å². The molecule has 3 aliphatic rings. The largest absolute Gasteiger partial charge is 0.334 e. The predicted octanol–water partition coefficient (Wildman–Crippen LogP) is 4.31. The van der Waals surface area contributed by atoms with Crippen LogP contribution < -0.4 is 5.32 Å². The summed E-state index contributed by atoms with van der Waals surface area (Å²) in [5, 5.41) is 3.67. The van der Waals surface area contributed by atoms with Crippen LogP contribution in [0.25, 0.3) is 0 Å². The molecule has 3 fully saturated rings. The molecule has 1 aliphatic carbocycles. The smallest absolute Gasteiger partial charge is 0.254 e. The minimum atomic E-state index is 0. The van der Waals surface area contributed by atoms with Gasteiger partial charge in [-0.2, -0.15) is 0 Å². The van der Waals surface area contributed by atoms with Crippen LogP contribution in [-0.4, -0.2) is 60.5 Å². The molecule has 2 saturated heterocycles. The van der Waals surface area contributed by atoms with Crippen LogP contribution in [0.15, 0.2) is 24.3 Å². The Morgan fingerprint density at radius 3 is 2.28 bits per heavy atom. The Bertz CT molecular complexity index is 613. The van der Waals surface area contributed by atoms with Gasteiger partial charge in [-0.3, -0.25) is 4.79 Å². The Morgan fingerprint density at radius 1 is 0.897 bits per heavy atom. The average Bonchev–Trinajstić information content (AvgIpc) is 3.45. The number of carbonyl (C=O) groups is 1. The Hall–Kier alpha value is -0.810. The highest BCUT2D eigenvalue weighted by molar-refractivity contribution is 5.94. The Morgan fingerprint density at radius 2 is 1.59 bits per heavy atom. The molecule has 1 atom stereocenters. The molecular formula is C23H37Cl2N3O. The molecule has 4 nitrogen and oxygen atoms in total. The standard InChI is InChI=1S/C23H35N3O.2ClH/c27-23(26-17-5-8-22(26)18-25-15-3-4-16-25)20-11-9-19(10-12-20)13-14-24-21-6-1-2-7-21;;/h9-12,21-22,24H,1-8,13-18H2;2*1H/t22-;;/m0../s1. The first kappa shape index (κ1) is 24.5. The number of amides is 1. The van der Waals surface area contributed by atoms with Gasteiger partial charge in [0.1, 0.15) is 0 Å². The molecule has 1 N–H and O–H groups in total. The Labute approximate surface area is 188 Å². The summed E-state index contributed by atoms with van der Waals surface area (Å²) >= 11 is 0. The number of carbonyl (C=O) groups excluding carboxylic acids is 1. The van der Waals surface area contributed by atoms with Crippen molar-refractivity contribution in [3.63, 3.8) is 0 Å². The molecule has 0 aromatic heterocycles. The molecule has 0 unspecified atom stereocenters. The van der Waals surface area contributed by atoms with Crippen LogP contribution in [0.1, 0.15) is 67.3 Å². The first-order chi connectivity index (χ1) is 13.3. The fourth-order valence-corrected chi connectivity index (χ4v) is 5.09. The van der Waals surface area contributed by atoms with Crippen LogP contribution >= 0.6 is 24.8 Å². The lowest BCUT2D eigenvalue weighted by atomic mass is 10.1. The maximum Gasteiger partial charge on any atom is 0.254 e. The van der Waals surface area contributed by atoms with E-state index in [4.69, 9.17) is 0 Å². The molecular weight excluding hydrogens is 405 g/mol. The van der Waals surface area contributed by atoms with Gasteiger partial charge in [-0.05, 0) is 82.3 Å². The second-order valence-electron chi connectivity index (χ2n) is 8.68. The zero-order valence-electron chi connectivity index (χ0n) is 17.5. The van der Waals surface area contributed by atoms with Gasteiger partial charge in [0.15, 0.2) is 0 Å². The van der Waals surface area contributed by atoms with E-state index in [1.807, 2.05) is 12.1 Å². The summed E-state index contributed by atoms with van der Waals surface area (Å²) in [6.45, 7) is 5.45. The van der Waals surface area contributed by atoms with E-state index >= 15 is 0 Å². The van der Waals surface area contributed by atoms with E-state index in [9.17, 15) is 4.79 Å². The van der Waals surface area contributed by atoms with E-state index in [1.165, 1.54) is 57.2 Å². The van der Waals surface area contributed by atoms with Crippen molar-refractivity contribution >= 4 is 30.7 Å². The van der Waals surface area contributed by atoms with Crippen molar-refractivity contribution in [1.29, 1.82) is 0 Å². The molecule has 0 spiro atoms. The maximum atomic E-state index is 13.0. The van der Waals surface area contributed by atoms with Gasteiger partial charge in [-0.25, -0.2) is 0 Å². The molecule has 1 saturated carbocycles. The van der Waals surface area contributed by atoms with Crippen molar-refractivity contribution in [2.75, 3.05) is 32.7 Å². The molecule has 29 heavy (non-hydrogen) atoms. The summed E-state index contributed by atoms with van der Waals surface area (Å²) in [7, 11) is 0. The van der Waals surface area contributed by atoms with E-state index in [2.05, 4.69) is 27.2 Å². The summed E-state index contributed by atoms with van der Waals surface area (Å²) in [6.07, 6.45) is 11.4. The third-order valence-electron chi connectivity index (χ3n) is 6.71. The van der Waals surface area contributed by atoms with Gasteiger partial charge in [0.25, 0.3) is 5.91 Å². The highest BCUT2D eigenvalue weighted by Crippen LogP contribution is 2.23. The molecule has 1 amide bonds. The number of hydrogen-bond donors (Lipinski definition) is 1. The van der Waals surface area contributed by atoms with Crippen molar-refractivity contribution in [2.45, 2.75) is 69.9 Å². The summed E-state index contributed by atoms with van der Waals surface area (Å²) in [6, 6.07) is 9.51. The molecule has 6 heteroatoms. The zero-order chi connectivity index (χ0) is 18.5. The van der Waals surface area contributed by atoms with Gasteiger partial charge in [0.05, 0.1) is 0 Å². The van der Waals surface area contributed by atoms with Crippen LogP contribution in [-0.2, 0) is 6.42 Å². The van der Waals surface area contributed by atoms with Gasteiger partial charge < -0.3 is 15.1 Å². The second kappa shape index (κ2) is 12.1. The number of likely N-dealkylation sites (tertiary alicyclic amines) is 2. The van der Waals surface area contributed by atoms with Crippen molar-refractivity contribution in [3.8, 4) is 0 Å². The summed E-state index contributed by atoms with van der Waals surface area (Å²) in [5.74, 6) is 0.229. The number of nitrogens with one attached hydrogen (secondary N) is 1.